The van der Waals surface area contributed by atoms with E-state index in [-0.39, 0.29) is 0 Å². The largest absolute Gasteiger partial charge is 0.301 e. The van der Waals surface area contributed by atoms with Crippen LogP contribution in [0.5, 0.6) is 0 Å². The Hall–Kier alpha value is 11.2. The fourth-order valence-electron chi connectivity index (χ4n) is 0.546. The molecule has 0 bridgehead atoms. The van der Waals surface area contributed by atoms with Gasteiger partial charge in [0, 0.05) is 206 Å². The molecule has 224 valence electrons. The van der Waals surface area contributed by atoms with E-state index in [0.29, 0.717) is 6.61 Å². The molecule has 0 aromatic carbocycles. The lowest BCUT2D eigenvalue weighted by Gasteiger charge is -2.07. The molecule has 0 heterocycles. The Morgan fingerprint density at radius 2 is 0.703 bits per heavy atom. The summed E-state index contributed by atoms with van der Waals surface area (Å²) in [5.41, 5.74) is 0. The third-order valence-electron chi connectivity index (χ3n) is 1.30. The lowest BCUT2D eigenvalue weighted by Crippen LogP contribution is -1.96. The molecule has 0 amide bonds. The van der Waals surface area contributed by atoms with E-state index in [1.165, 1.54) is 19.7 Å². The monoisotopic (exact) mass is 1120 g/mol. The molecule has 0 aliphatic rings. The number of hydrogen-bond acceptors (Lipinski definition) is 33. The highest BCUT2D eigenvalue weighted by molar-refractivity contribution is 9.61. The van der Waals surface area contributed by atoms with Crippen LogP contribution in [0.25, 0.3) is 0 Å². The summed E-state index contributed by atoms with van der Waals surface area (Å²) in [5.74, 6) is 0. The molecule has 0 radical (unpaired) electrons. The predicted molar refractivity (Wildman–Crippen MR) is 267 cm³/mol. The van der Waals surface area contributed by atoms with Gasteiger partial charge in [-0.25, -0.2) is 0 Å². The molecule has 0 atom stereocenters. The van der Waals surface area contributed by atoms with Crippen molar-refractivity contribution in [2.24, 2.45) is 0 Å². The van der Waals surface area contributed by atoms with E-state index in [9.17, 15) is 0 Å². The molecule has 1 nitrogen and oxygen atoms in total. The average molecular weight is 1120 g/mol. The number of thiol groups is 1. The van der Waals surface area contributed by atoms with E-state index >= 15 is 0 Å². The van der Waals surface area contributed by atoms with E-state index in [1.54, 1.807) is 147 Å². The summed E-state index contributed by atoms with van der Waals surface area (Å²) >= 11 is 14.7. The minimum atomic E-state index is -1.81. The van der Waals surface area contributed by atoms with Gasteiger partial charge in [0.05, 0.1) is 13.1 Å². The third-order valence-corrected chi connectivity index (χ3v) is 70.2. The zero-order chi connectivity index (χ0) is 27.1. The summed E-state index contributed by atoms with van der Waals surface area (Å²) in [7, 11) is 51.1. The summed E-state index contributed by atoms with van der Waals surface area (Å²) in [6, 6.07) is 0. The fraction of sp³-hybridized carbons (Fsp3) is 1.00. The Kier molecular flexibility index (Phi) is 54.3. The van der Waals surface area contributed by atoms with Crippen LogP contribution in [0.3, 0.4) is 0 Å². The molecule has 0 rings (SSSR count). The van der Waals surface area contributed by atoms with E-state index in [0.717, 1.165) is 6.42 Å². The topological polar surface area (TPSA) is 9.23 Å². The van der Waals surface area contributed by atoms with Gasteiger partial charge >= 0.3 is 0 Å². The number of rotatable bonds is 32. The van der Waals surface area contributed by atoms with E-state index in [1.807, 2.05) is 118 Å². The van der Waals surface area contributed by atoms with Crippen LogP contribution in [0.1, 0.15) is 13.3 Å². The minimum absolute atomic E-state index is 0.652. The van der Waals surface area contributed by atoms with Gasteiger partial charge in [0.15, 0.2) is 0 Å². The van der Waals surface area contributed by atoms with Gasteiger partial charge in [0.1, 0.15) is 0 Å². The van der Waals surface area contributed by atoms with Crippen LogP contribution < -0.4 is 0 Å². The minimum Gasteiger partial charge on any atom is -0.301 e. The van der Waals surface area contributed by atoms with E-state index < -0.39 is 6.46 Å². The first-order chi connectivity index (χ1) is 18.1. The molecule has 34 heteroatoms. The molecule has 0 aliphatic heterocycles. The highest BCUT2D eigenvalue weighted by Crippen LogP contribution is 2.66. The molecule has 0 unspecified atom stereocenters. The predicted octanol–water partition coefficient (Wildman–Crippen LogP) is 20.0. The summed E-state index contributed by atoms with van der Waals surface area (Å²) in [6.45, 7) is 0.902. The van der Waals surface area contributed by atoms with Crippen LogP contribution >= 0.6 is 297 Å². The second-order valence-electron chi connectivity index (χ2n) is 3.21. The van der Waals surface area contributed by atoms with Crippen molar-refractivity contribution in [1.29, 1.82) is 0 Å². The Morgan fingerprint density at radius 1 is 0.459 bits per heavy atom. The Bertz CT molecular complexity index is 518. The standard InChI is InChI=1S/C3H8OS33/c1-2-3-4-37(6,7)36-35-34-33-32-31-30-29-28-27-26-25-24-23-22-21-20-19-18-17-16-15-14-13-12-11-10-9-8-5/h5H,2-3H2,1H3. The summed E-state index contributed by atoms with van der Waals surface area (Å²) in [4.78, 5) is 0. The molecule has 0 N–H and O–H groups in total. The summed E-state index contributed by atoms with van der Waals surface area (Å²) in [6.07, 6.45) is 0.951. The van der Waals surface area contributed by atoms with Gasteiger partial charge in [0.25, 0.3) is 0 Å². The van der Waals surface area contributed by atoms with Gasteiger partial charge in [-0.15, -0.1) is 0 Å². The lowest BCUT2D eigenvalue weighted by molar-refractivity contribution is 0.374. The van der Waals surface area contributed by atoms with Crippen molar-refractivity contribution in [1.82, 2.24) is 0 Å². The quantitative estimate of drug-likeness (QED) is 0.0389. The number of hydrogen-bond donors (Lipinski definition) is 1. The molecule has 0 saturated heterocycles. The fourth-order valence-corrected chi connectivity index (χ4v) is 82.8. The molecule has 0 spiro atoms. The maximum Gasteiger partial charge on any atom is 0.0820 e. The van der Waals surface area contributed by atoms with Gasteiger partial charge in [0.2, 0.25) is 0 Å². The molecule has 0 saturated carbocycles. The molecule has 0 aromatic rings. The Labute approximate surface area is 341 Å². The van der Waals surface area contributed by atoms with Gasteiger partial charge in [-0.1, -0.05) is 18.6 Å². The smallest absolute Gasteiger partial charge is 0.0820 e. The van der Waals surface area contributed by atoms with Crippen molar-refractivity contribution in [3.63, 3.8) is 0 Å². The molecule has 0 aliphatic carbocycles. The van der Waals surface area contributed by atoms with Crippen molar-refractivity contribution in [2.45, 2.75) is 13.3 Å². The van der Waals surface area contributed by atoms with Crippen molar-refractivity contribution in [2.75, 3.05) is 6.61 Å². The third kappa shape index (κ3) is 43.3. The highest BCUT2D eigenvalue weighted by atomic mass is 34.1. The van der Waals surface area contributed by atoms with Crippen LogP contribution in [0.4, 0.5) is 0 Å². The van der Waals surface area contributed by atoms with Crippen molar-refractivity contribution in [3.8, 4) is 0 Å². The van der Waals surface area contributed by atoms with Crippen LogP contribution in [0.15, 0.2) is 0 Å². The van der Waals surface area contributed by atoms with Crippen LogP contribution in [-0.4, -0.2) is 6.61 Å². The Morgan fingerprint density at radius 3 is 0.946 bits per heavy atom. The van der Waals surface area contributed by atoms with Gasteiger partial charge in [-0.3, -0.25) is 0 Å². The maximum absolute atomic E-state index is 5.53. The molecular formula is C3H8OS33. The maximum atomic E-state index is 5.53. The van der Waals surface area contributed by atoms with Crippen LogP contribution in [0, 0.1) is 0 Å². The van der Waals surface area contributed by atoms with Crippen molar-refractivity contribution >= 4 is 325 Å². The zero-order valence-corrected chi connectivity index (χ0v) is 43.4. The summed E-state index contributed by atoms with van der Waals surface area (Å²) in [5, 5.41) is 0. The first kappa shape index (κ1) is 48.2. The Balaban J connectivity index is 3.11. The van der Waals surface area contributed by atoms with Gasteiger partial charge in [-0.05, 0) is 107 Å². The second kappa shape index (κ2) is 41.7. The van der Waals surface area contributed by atoms with Crippen molar-refractivity contribution < 1.29 is 4.18 Å². The van der Waals surface area contributed by atoms with E-state index in [2.05, 4.69) is 18.6 Å². The van der Waals surface area contributed by atoms with Gasteiger partial charge < -0.3 is 4.18 Å². The molecule has 0 aromatic heterocycles. The normalized spacial score (nSPS) is 11.9. The second-order valence-corrected chi connectivity index (χ2v) is 61.9. The first-order valence-corrected chi connectivity index (χ1v) is 50.1. The van der Waals surface area contributed by atoms with Gasteiger partial charge in [-0.2, -0.15) is 0 Å². The van der Waals surface area contributed by atoms with Crippen LogP contribution in [0.2, 0.25) is 0 Å². The molecule has 37 heavy (non-hydrogen) atoms. The molecule has 0 fully saturated rings. The highest BCUT2D eigenvalue weighted by Gasteiger charge is 2.05. The first-order valence-electron chi connectivity index (χ1n) is 7.01. The van der Waals surface area contributed by atoms with Crippen molar-refractivity contribution in [3.05, 3.63) is 0 Å². The average Bonchev–Trinajstić information content (AvgIpc) is 2.89. The SMILES string of the molecule is CCCOS(=S)(=S)SSSSSSSSSSSSSSSSSSSSSSSSSSSSSS. The summed E-state index contributed by atoms with van der Waals surface area (Å²) < 4.78 is 5.53. The molecular weight excluding hydrogens is 1110 g/mol. The zero-order valence-electron chi connectivity index (χ0n) is 16.3. The lowest BCUT2D eigenvalue weighted by atomic mass is 10.5. The van der Waals surface area contributed by atoms with Crippen LogP contribution in [-0.2, 0) is 33.0 Å². The van der Waals surface area contributed by atoms with E-state index in [4.69, 9.17) is 26.6 Å².